The van der Waals surface area contributed by atoms with Crippen molar-refractivity contribution < 1.29 is 19.4 Å². The van der Waals surface area contributed by atoms with Crippen molar-refractivity contribution in [1.29, 1.82) is 0 Å². The molecule has 3 aromatic rings. The molecule has 1 atom stereocenters. The molecule has 5 heteroatoms. The van der Waals surface area contributed by atoms with Crippen molar-refractivity contribution in [2.75, 3.05) is 20.8 Å². The summed E-state index contributed by atoms with van der Waals surface area (Å²) < 4.78 is 10.8. The first-order valence-electron chi connectivity index (χ1n) is 12.0. The summed E-state index contributed by atoms with van der Waals surface area (Å²) in [5.41, 5.74) is 5.87. The summed E-state index contributed by atoms with van der Waals surface area (Å²) >= 11 is 0. The molecule has 0 bridgehead atoms. The topological polar surface area (TPSA) is 59.0 Å². The minimum Gasteiger partial charge on any atom is -0.503 e. The summed E-state index contributed by atoms with van der Waals surface area (Å²) in [6.07, 6.45) is 0.612. The van der Waals surface area contributed by atoms with Gasteiger partial charge in [-0.15, -0.1) is 0 Å². The van der Waals surface area contributed by atoms with E-state index in [1.165, 1.54) is 5.56 Å². The summed E-state index contributed by atoms with van der Waals surface area (Å²) in [7, 11) is 3.22. The van der Waals surface area contributed by atoms with E-state index < -0.39 is 0 Å². The Morgan fingerprint density at radius 1 is 0.914 bits per heavy atom. The maximum absolute atomic E-state index is 13.3. The van der Waals surface area contributed by atoms with E-state index in [9.17, 15) is 9.90 Å². The molecule has 35 heavy (non-hydrogen) atoms. The fourth-order valence-electron chi connectivity index (χ4n) is 4.61. The second-order valence-electron chi connectivity index (χ2n) is 9.29. The van der Waals surface area contributed by atoms with Crippen molar-refractivity contribution in [1.82, 2.24) is 4.90 Å². The number of aliphatic hydroxyl groups is 1. The fourth-order valence-corrected chi connectivity index (χ4v) is 4.61. The van der Waals surface area contributed by atoms with Gasteiger partial charge in [-0.1, -0.05) is 74.0 Å². The van der Waals surface area contributed by atoms with Gasteiger partial charge in [0.15, 0.2) is 17.3 Å². The number of ether oxygens (including phenoxy) is 2. The van der Waals surface area contributed by atoms with E-state index in [0.717, 1.165) is 22.3 Å². The van der Waals surface area contributed by atoms with Gasteiger partial charge in [0, 0.05) is 12.1 Å². The van der Waals surface area contributed by atoms with Gasteiger partial charge in [-0.05, 0) is 53.6 Å². The Morgan fingerprint density at radius 2 is 1.57 bits per heavy atom. The number of hydrogen-bond acceptors (Lipinski definition) is 4. The molecule has 0 spiro atoms. The molecule has 0 aliphatic carbocycles. The van der Waals surface area contributed by atoms with E-state index in [4.69, 9.17) is 9.47 Å². The minimum atomic E-state index is -0.369. The molecule has 0 saturated carbocycles. The lowest BCUT2D eigenvalue weighted by Crippen LogP contribution is -2.32. The third-order valence-electron chi connectivity index (χ3n) is 6.67. The average molecular weight is 472 g/mol. The molecule has 5 nitrogen and oxygen atoms in total. The van der Waals surface area contributed by atoms with Gasteiger partial charge in [0.2, 0.25) is 0 Å². The minimum absolute atomic E-state index is 0.181. The fraction of sp³-hybridized carbons (Fsp3) is 0.300. The molecule has 1 N–H and O–H groups in total. The van der Waals surface area contributed by atoms with Gasteiger partial charge in [0.1, 0.15) is 0 Å². The molecule has 3 aromatic carbocycles. The summed E-state index contributed by atoms with van der Waals surface area (Å²) in [5, 5.41) is 11.0. The quantitative estimate of drug-likeness (QED) is 0.423. The molecule has 0 aromatic heterocycles. The van der Waals surface area contributed by atoms with Crippen molar-refractivity contribution in [3.8, 4) is 11.5 Å². The lowest BCUT2D eigenvalue weighted by atomic mass is 9.91. The zero-order valence-electron chi connectivity index (χ0n) is 21.0. The first-order valence-corrected chi connectivity index (χ1v) is 12.0. The molecule has 4 rings (SSSR count). The van der Waals surface area contributed by atoms with Gasteiger partial charge in [0.25, 0.3) is 5.91 Å². The van der Waals surface area contributed by atoms with Gasteiger partial charge in [0.05, 0.1) is 20.3 Å². The van der Waals surface area contributed by atoms with Crippen LogP contribution in [0.2, 0.25) is 0 Å². The Labute approximate surface area is 207 Å². The van der Waals surface area contributed by atoms with Crippen LogP contribution in [0.4, 0.5) is 0 Å². The highest BCUT2D eigenvalue weighted by atomic mass is 16.5. The van der Waals surface area contributed by atoms with Crippen LogP contribution in [0.3, 0.4) is 0 Å². The van der Waals surface area contributed by atoms with Crippen LogP contribution in [0.1, 0.15) is 53.6 Å². The van der Waals surface area contributed by atoms with Gasteiger partial charge in [-0.3, -0.25) is 4.79 Å². The Morgan fingerprint density at radius 3 is 2.17 bits per heavy atom. The molecule has 182 valence electrons. The maximum Gasteiger partial charge on any atom is 0.289 e. The van der Waals surface area contributed by atoms with Crippen LogP contribution in [0.15, 0.2) is 72.5 Å². The highest BCUT2D eigenvalue weighted by molar-refractivity contribution is 6.05. The van der Waals surface area contributed by atoms with Crippen LogP contribution in [-0.4, -0.2) is 36.7 Å². The molecular weight excluding hydrogens is 438 g/mol. The van der Waals surface area contributed by atoms with E-state index in [-0.39, 0.29) is 17.7 Å². The molecular formula is C30H33NO4. The molecule has 1 aliphatic heterocycles. The van der Waals surface area contributed by atoms with Gasteiger partial charge >= 0.3 is 0 Å². The Balaban J connectivity index is 1.70. The number of carbonyl (C=O) groups is 1. The number of nitrogens with zero attached hydrogens (tertiary/aromatic N) is 1. The van der Waals surface area contributed by atoms with Crippen LogP contribution in [-0.2, 0) is 11.2 Å². The molecule has 1 heterocycles. The van der Waals surface area contributed by atoms with E-state index in [0.29, 0.717) is 36.0 Å². The Hall–Kier alpha value is -3.73. The van der Waals surface area contributed by atoms with Crippen molar-refractivity contribution in [2.45, 2.75) is 39.2 Å². The van der Waals surface area contributed by atoms with Crippen LogP contribution >= 0.6 is 0 Å². The smallest absolute Gasteiger partial charge is 0.289 e. The number of benzene rings is 3. The highest BCUT2D eigenvalue weighted by Crippen LogP contribution is 2.43. The summed E-state index contributed by atoms with van der Waals surface area (Å²) in [5.74, 6) is 1.20. The van der Waals surface area contributed by atoms with Crippen molar-refractivity contribution >= 4 is 11.5 Å². The first kappa shape index (κ1) is 24.4. The standard InChI is InChI=1S/C30H33NO4/c1-19(2)22-11-13-24(14-12-22)28-27(23-9-6-20(3)7-10-23)29(32)30(33)31(28)17-16-21-8-15-25(34-4)26(18-21)35-5/h6-15,18-19,28,32H,16-17H2,1-5H3. The van der Waals surface area contributed by atoms with E-state index >= 15 is 0 Å². The molecule has 0 radical (unpaired) electrons. The van der Waals surface area contributed by atoms with Gasteiger partial charge < -0.3 is 19.5 Å². The molecule has 1 aliphatic rings. The molecule has 0 saturated heterocycles. The first-order chi connectivity index (χ1) is 16.8. The lowest BCUT2D eigenvalue weighted by molar-refractivity contribution is -0.129. The zero-order valence-corrected chi connectivity index (χ0v) is 21.0. The number of hydrogen-bond donors (Lipinski definition) is 1. The largest absolute Gasteiger partial charge is 0.503 e. The maximum atomic E-state index is 13.3. The van der Waals surface area contributed by atoms with Crippen LogP contribution < -0.4 is 9.47 Å². The summed E-state index contributed by atoms with van der Waals surface area (Å²) in [6, 6.07) is 21.7. The predicted molar refractivity (Wildman–Crippen MR) is 139 cm³/mol. The van der Waals surface area contributed by atoms with Crippen LogP contribution in [0.25, 0.3) is 5.57 Å². The number of aliphatic hydroxyl groups excluding tert-OH is 1. The van der Waals surface area contributed by atoms with E-state index in [2.05, 4.69) is 38.1 Å². The van der Waals surface area contributed by atoms with E-state index in [1.54, 1.807) is 19.1 Å². The molecule has 1 unspecified atom stereocenters. The molecule has 0 fully saturated rings. The Bertz CT molecular complexity index is 1230. The number of carbonyl (C=O) groups excluding carboxylic acids is 1. The third kappa shape index (κ3) is 4.90. The Kier molecular flexibility index (Phi) is 7.15. The monoisotopic (exact) mass is 471 g/mol. The van der Waals surface area contributed by atoms with Crippen LogP contribution in [0.5, 0.6) is 11.5 Å². The van der Waals surface area contributed by atoms with Crippen molar-refractivity contribution in [3.63, 3.8) is 0 Å². The normalized spacial score (nSPS) is 15.8. The number of methoxy groups -OCH3 is 2. The second kappa shape index (κ2) is 10.3. The van der Waals surface area contributed by atoms with Crippen molar-refractivity contribution in [2.24, 2.45) is 0 Å². The zero-order chi connectivity index (χ0) is 25.1. The average Bonchev–Trinajstić information content (AvgIpc) is 3.12. The predicted octanol–water partition coefficient (Wildman–Crippen LogP) is 6.23. The molecule has 1 amide bonds. The summed E-state index contributed by atoms with van der Waals surface area (Å²) in [6.45, 7) is 6.79. The van der Waals surface area contributed by atoms with Crippen LogP contribution in [0, 0.1) is 6.92 Å². The van der Waals surface area contributed by atoms with E-state index in [1.807, 2.05) is 49.4 Å². The second-order valence-corrected chi connectivity index (χ2v) is 9.29. The number of aryl methyl sites for hydroxylation is 1. The highest BCUT2D eigenvalue weighted by Gasteiger charge is 2.40. The van der Waals surface area contributed by atoms with Gasteiger partial charge in [-0.2, -0.15) is 0 Å². The number of rotatable bonds is 8. The summed E-state index contributed by atoms with van der Waals surface area (Å²) in [4.78, 5) is 15.1. The van der Waals surface area contributed by atoms with Crippen molar-refractivity contribution in [3.05, 3.63) is 100 Å². The third-order valence-corrected chi connectivity index (χ3v) is 6.67. The SMILES string of the molecule is COc1ccc(CCN2C(=O)C(O)=C(c3ccc(C)cc3)C2c2ccc(C(C)C)cc2)cc1OC. The van der Waals surface area contributed by atoms with Gasteiger partial charge in [-0.25, -0.2) is 0 Å². The lowest BCUT2D eigenvalue weighted by Gasteiger charge is -2.28. The number of amides is 1.